The molecule has 34 heavy (non-hydrogen) atoms. The Labute approximate surface area is 195 Å². The summed E-state index contributed by atoms with van der Waals surface area (Å²) in [4.78, 5) is 34.7. The third-order valence-electron chi connectivity index (χ3n) is 6.08. The lowest BCUT2D eigenvalue weighted by Crippen LogP contribution is -2.49. The summed E-state index contributed by atoms with van der Waals surface area (Å²) in [7, 11) is 0. The van der Waals surface area contributed by atoms with E-state index in [1.807, 2.05) is 22.8 Å². The maximum absolute atomic E-state index is 14.5. The lowest BCUT2D eigenvalue weighted by molar-refractivity contribution is 0.439. The number of aromatic hydroxyl groups is 1. The van der Waals surface area contributed by atoms with Gasteiger partial charge >= 0.3 is 0 Å². The molecule has 174 valence electrons. The molecule has 1 aromatic carbocycles. The number of hydrogen-bond donors (Lipinski definition) is 1. The Balaban J connectivity index is 1.51. The van der Waals surface area contributed by atoms with Crippen molar-refractivity contribution in [3.8, 4) is 5.88 Å². The van der Waals surface area contributed by atoms with Crippen molar-refractivity contribution >= 4 is 22.5 Å². The maximum Gasteiger partial charge on any atom is 0.276 e. The topological polar surface area (TPSA) is 100 Å². The molecule has 1 N–H and O–H groups in total. The van der Waals surface area contributed by atoms with Crippen LogP contribution in [0.3, 0.4) is 0 Å². The third kappa shape index (κ3) is 3.91. The van der Waals surface area contributed by atoms with Crippen LogP contribution in [-0.2, 0) is 6.54 Å². The van der Waals surface area contributed by atoms with Crippen molar-refractivity contribution in [2.45, 2.75) is 20.4 Å². The van der Waals surface area contributed by atoms with Crippen molar-refractivity contribution in [1.29, 1.82) is 0 Å². The lowest BCUT2D eigenvalue weighted by atomic mass is 10.1. The average Bonchev–Trinajstić information content (AvgIpc) is 2.82. The molecule has 9 nitrogen and oxygen atoms in total. The zero-order valence-electron chi connectivity index (χ0n) is 18.9. The van der Waals surface area contributed by atoms with E-state index in [0.717, 1.165) is 5.56 Å². The van der Waals surface area contributed by atoms with Gasteiger partial charge in [-0.25, -0.2) is 14.4 Å². The number of aromatic nitrogens is 5. The van der Waals surface area contributed by atoms with Gasteiger partial charge in [-0.3, -0.25) is 19.3 Å². The number of fused-ring (bicyclic) bond motifs is 1. The number of nitrogens with zero attached hydrogens (tertiary/aromatic N) is 7. The number of pyridine rings is 1. The van der Waals surface area contributed by atoms with Gasteiger partial charge < -0.3 is 14.9 Å². The fourth-order valence-electron chi connectivity index (χ4n) is 4.39. The minimum absolute atomic E-state index is 0.00929. The fraction of sp³-hybridized carbons (Fsp3) is 0.292. The van der Waals surface area contributed by atoms with Crippen LogP contribution in [0.15, 0.2) is 47.7 Å². The van der Waals surface area contributed by atoms with Crippen LogP contribution < -0.4 is 15.4 Å². The summed E-state index contributed by atoms with van der Waals surface area (Å²) in [6, 6.07) is 6.83. The zero-order chi connectivity index (χ0) is 23.8. The normalized spacial score (nSPS) is 14.1. The first-order valence-electron chi connectivity index (χ1n) is 11.0. The Morgan fingerprint density at radius 1 is 1.03 bits per heavy atom. The lowest BCUT2D eigenvalue weighted by Gasteiger charge is -2.37. The second-order valence-corrected chi connectivity index (χ2v) is 8.35. The summed E-state index contributed by atoms with van der Waals surface area (Å²) >= 11 is 0. The maximum atomic E-state index is 14.5. The summed E-state index contributed by atoms with van der Waals surface area (Å²) in [5.74, 6) is -0.474. The Kier molecular flexibility index (Phi) is 5.56. The number of piperazine rings is 1. The Bertz CT molecular complexity index is 1410. The quantitative estimate of drug-likeness (QED) is 0.495. The van der Waals surface area contributed by atoms with Gasteiger partial charge in [0, 0.05) is 44.8 Å². The van der Waals surface area contributed by atoms with Crippen LogP contribution in [-0.4, -0.2) is 55.8 Å². The van der Waals surface area contributed by atoms with Crippen molar-refractivity contribution < 1.29 is 9.50 Å². The van der Waals surface area contributed by atoms with Crippen molar-refractivity contribution in [3.63, 3.8) is 0 Å². The highest BCUT2D eigenvalue weighted by atomic mass is 19.1. The summed E-state index contributed by atoms with van der Waals surface area (Å²) in [5.41, 5.74) is 3.65. The van der Waals surface area contributed by atoms with Crippen molar-refractivity contribution in [2.75, 3.05) is 36.0 Å². The summed E-state index contributed by atoms with van der Waals surface area (Å²) < 4.78 is 15.9. The van der Waals surface area contributed by atoms with E-state index in [-0.39, 0.29) is 29.5 Å². The number of anilines is 2. The monoisotopic (exact) mass is 461 g/mol. The number of halogens is 1. The van der Waals surface area contributed by atoms with Crippen LogP contribution in [0, 0.1) is 19.7 Å². The van der Waals surface area contributed by atoms with Gasteiger partial charge in [-0.15, -0.1) is 0 Å². The molecule has 1 saturated heterocycles. The van der Waals surface area contributed by atoms with E-state index in [1.165, 1.54) is 23.0 Å². The number of hydrogen-bond acceptors (Lipinski definition) is 8. The number of aryl methyl sites for hydroxylation is 2. The fourth-order valence-corrected chi connectivity index (χ4v) is 4.39. The largest absolute Gasteiger partial charge is 0.492 e. The summed E-state index contributed by atoms with van der Waals surface area (Å²) in [6.45, 7) is 5.95. The summed E-state index contributed by atoms with van der Waals surface area (Å²) in [5, 5.41) is 10.1. The molecule has 0 atom stereocenters. The molecule has 1 aliphatic rings. The van der Waals surface area contributed by atoms with Crippen LogP contribution in [0.4, 0.5) is 15.8 Å². The molecule has 0 saturated carbocycles. The summed E-state index contributed by atoms with van der Waals surface area (Å²) in [6.07, 6.45) is 4.50. The van der Waals surface area contributed by atoms with E-state index in [0.29, 0.717) is 54.4 Å². The molecule has 4 heterocycles. The molecule has 1 aliphatic heterocycles. The highest BCUT2D eigenvalue weighted by Gasteiger charge is 2.24. The van der Waals surface area contributed by atoms with Gasteiger partial charge in [-0.2, -0.15) is 0 Å². The second kappa shape index (κ2) is 8.69. The Morgan fingerprint density at radius 2 is 1.76 bits per heavy atom. The molecule has 5 rings (SSSR count). The Hall–Kier alpha value is -4.08. The van der Waals surface area contributed by atoms with Gasteiger partial charge in [0.05, 0.1) is 17.9 Å². The van der Waals surface area contributed by atoms with Crippen LogP contribution in [0.2, 0.25) is 0 Å². The number of benzene rings is 1. The van der Waals surface area contributed by atoms with Crippen molar-refractivity contribution in [2.24, 2.45) is 0 Å². The first-order chi connectivity index (χ1) is 16.4. The average molecular weight is 462 g/mol. The van der Waals surface area contributed by atoms with Crippen LogP contribution >= 0.6 is 0 Å². The van der Waals surface area contributed by atoms with Crippen LogP contribution in [0.5, 0.6) is 5.88 Å². The van der Waals surface area contributed by atoms with Gasteiger partial charge in [-0.1, -0.05) is 12.1 Å². The molecule has 0 amide bonds. The minimum Gasteiger partial charge on any atom is -0.492 e. The van der Waals surface area contributed by atoms with E-state index in [4.69, 9.17) is 0 Å². The number of para-hydroxylation sites is 1. The first kappa shape index (κ1) is 21.7. The van der Waals surface area contributed by atoms with E-state index in [1.54, 1.807) is 25.3 Å². The van der Waals surface area contributed by atoms with Crippen LogP contribution in [0.25, 0.3) is 11.2 Å². The van der Waals surface area contributed by atoms with Crippen molar-refractivity contribution in [1.82, 2.24) is 24.5 Å². The van der Waals surface area contributed by atoms with E-state index < -0.39 is 0 Å². The van der Waals surface area contributed by atoms with Crippen molar-refractivity contribution in [3.05, 3.63) is 76.0 Å². The number of rotatable bonds is 4. The van der Waals surface area contributed by atoms with Gasteiger partial charge in [0.1, 0.15) is 22.7 Å². The molecular weight excluding hydrogens is 437 g/mol. The van der Waals surface area contributed by atoms with Gasteiger partial charge in [-0.05, 0) is 31.5 Å². The van der Waals surface area contributed by atoms with E-state index >= 15 is 0 Å². The molecule has 0 radical (unpaired) electrons. The molecule has 1 fully saturated rings. The van der Waals surface area contributed by atoms with Gasteiger partial charge in [0.25, 0.3) is 5.56 Å². The molecule has 0 bridgehead atoms. The molecule has 4 aromatic rings. The molecular formula is C24H24FN7O2. The second-order valence-electron chi connectivity index (χ2n) is 8.35. The Morgan fingerprint density at radius 3 is 2.50 bits per heavy atom. The molecule has 0 unspecified atom stereocenters. The molecule has 0 aliphatic carbocycles. The molecule has 0 spiro atoms. The molecule has 10 heteroatoms. The molecule has 3 aromatic heterocycles. The predicted octanol–water partition coefficient (Wildman–Crippen LogP) is 2.42. The smallest absolute Gasteiger partial charge is 0.276 e. The van der Waals surface area contributed by atoms with Gasteiger partial charge in [0.2, 0.25) is 5.88 Å². The highest BCUT2D eigenvalue weighted by Crippen LogP contribution is 2.26. The van der Waals surface area contributed by atoms with Gasteiger partial charge in [0.15, 0.2) is 5.65 Å². The SMILES string of the molecule is Cc1cnc2cc(N3CCN(c4c(C)cccc4F)CC3)c(=O)n(Cc3nccnc3O)c2n1. The zero-order valence-corrected chi connectivity index (χ0v) is 18.9. The minimum atomic E-state index is -0.257. The predicted molar refractivity (Wildman–Crippen MR) is 127 cm³/mol. The van der Waals surface area contributed by atoms with Crippen LogP contribution in [0.1, 0.15) is 17.0 Å². The van der Waals surface area contributed by atoms with E-state index in [2.05, 4.69) is 19.9 Å². The highest BCUT2D eigenvalue weighted by molar-refractivity contribution is 5.75. The van der Waals surface area contributed by atoms with E-state index in [9.17, 15) is 14.3 Å². The first-order valence-corrected chi connectivity index (χ1v) is 11.0. The third-order valence-corrected chi connectivity index (χ3v) is 6.08. The standard InChI is InChI=1S/C24H24FN7O2/c1-15-4-3-5-17(25)21(15)31-10-8-30(9-11-31)20-12-18-22(29-16(2)13-28-18)32(24(20)34)14-19-23(33)27-7-6-26-19/h3-7,12-13H,8-11,14H2,1-2H3,(H,27,33).